The Kier molecular flexibility index (Phi) is 3.55. The molecule has 0 spiro atoms. The van der Waals surface area contributed by atoms with Gasteiger partial charge in [-0.05, 0) is 56.8 Å². The van der Waals surface area contributed by atoms with E-state index in [0.717, 1.165) is 18.4 Å². The molecule has 2 nitrogen and oxygen atoms in total. The minimum atomic E-state index is 0.758. The van der Waals surface area contributed by atoms with Gasteiger partial charge in [0.05, 0.1) is 0 Å². The highest BCUT2D eigenvalue weighted by Gasteiger charge is 2.32. The highest BCUT2D eigenvalue weighted by molar-refractivity contribution is 5.60. The third-order valence-electron chi connectivity index (χ3n) is 4.31. The number of hydrogen-bond acceptors (Lipinski definition) is 2. The van der Waals surface area contributed by atoms with E-state index in [1.165, 1.54) is 44.5 Å². The molecule has 0 amide bonds. The summed E-state index contributed by atoms with van der Waals surface area (Å²) in [5.41, 5.74) is 3.10. The number of nitrogens with zero attached hydrogens (tertiary/aromatic N) is 1. The molecule has 1 fully saturated rings. The minimum Gasteiger partial charge on any atom is -0.370 e. The Morgan fingerprint density at radius 2 is 2.11 bits per heavy atom. The third-order valence-corrected chi connectivity index (χ3v) is 4.31. The second kappa shape index (κ2) is 5.31. The summed E-state index contributed by atoms with van der Waals surface area (Å²) >= 11 is 0. The fourth-order valence-electron chi connectivity index (χ4n) is 3.14. The van der Waals surface area contributed by atoms with Gasteiger partial charge in [-0.15, -0.1) is 0 Å². The van der Waals surface area contributed by atoms with E-state index in [9.17, 15) is 0 Å². The van der Waals surface area contributed by atoms with Crippen molar-refractivity contribution in [3.05, 3.63) is 29.8 Å². The second-order valence-electron chi connectivity index (χ2n) is 5.85. The normalized spacial score (nSPS) is 22.3. The van der Waals surface area contributed by atoms with E-state index in [4.69, 9.17) is 0 Å². The summed E-state index contributed by atoms with van der Waals surface area (Å²) in [7, 11) is 2.04. The van der Waals surface area contributed by atoms with Gasteiger partial charge < -0.3 is 10.2 Å². The number of para-hydroxylation sites is 1. The Bertz CT molecular complexity index is 398. The van der Waals surface area contributed by atoms with Crippen molar-refractivity contribution in [2.75, 3.05) is 31.6 Å². The zero-order chi connectivity index (χ0) is 12.4. The summed E-state index contributed by atoms with van der Waals surface area (Å²) in [6.07, 6.45) is 5.50. The van der Waals surface area contributed by atoms with Crippen molar-refractivity contribution < 1.29 is 0 Å². The van der Waals surface area contributed by atoms with Crippen LogP contribution in [0.4, 0.5) is 5.69 Å². The molecule has 1 unspecified atom stereocenters. The predicted molar refractivity (Wildman–Crippen MR) is 77.3 cm³/mol. The van der Waals surface area contributed by atoms with E-state index >= 15 is 0 Å². The van der Waals surface area contributed by atoms with Gasteiger partial charge >= 0.3 is 0 Å². The molecular formula is C16H24N2. The van der Waals surface area contributed by atoms with E-state index < -0.39 is 0 Å². The molecule has 1 atom stereocenters. The molecule has 98 valence electrons. The van der Waals surface area contributed by atoms with Crippen molar-refractivity contribution in [2.45, 2.75) is 31.6 Å². The van der Waals surface area contributed by atoms with Crippen LogP contribution in [0.5, 0.6) is 0 Å². The molecule has 18 heavy (non-hydrogen) atoms. The molecule has 0 saturated heterocycles. The van der Waals surface area contributed by atoms with Crippen LogP contribution in [0.2, 0.25) is 0 Å². The van der Waals surface area contributed by atoms with Crippen molar-refractivity contribution in [3.63, 3.8) is 0 Å². The molecule has 2 heteroatoms. The number of benzene rings is 1. The van der Waals surface area contributed by atoms with Crippen LogP contribution in [0.25, 0.3) is 0 Å². The van der Waals surface area contributed by atoms with Crippen LogP contribution in [-0.2, 0) is 0 Å². The monoisotopic (exact) mass is 244 g/mol. The smallest absolute Gasteiger partial charge is 0.0402 e. The van der Waals surface area contributed by atoms with E-state index in [0.29, 0.717) is 0 Å². The van der Waals surface area contributed by atoms with E-state index in [1.807, 2.05) is 7.05 Å². The van der Waals surface area contributed by atoms with E-state index in [1.54, 1.807) is 5.56 Å². The summed E-state index contributed by atoms with van der Waals surface area (Å²) in [6, 6.07) is 9.04. The van der Waals surface area contributed by atoms with Crippen LogP contribution in [0.3, 0.4) is 0 Å². The third kappa shape index (κ3) is 2.54. The summed E-state index contributed by atoms with van der Waals surface area (Å²) < 4.78 is 0. The summed E-state index contributed by atoms with van der Waals surface area (Å²) in [4.78, 5) is 2.64. The van der Waals surface area contributed by atoms with Gasteiger partial charge in [-0.3, -0.25) is 0 Å². The van der Waals surface area contributed by atoms with Crippen LogP contribution < -0.4 is 10.2 Å². The highest BCUT2D eigenvalue weighted by atomic mass is 15.2. The van der Waals surface area contributed by atoms with Crippen LogP contribution in [0.15, 0.2) is 24.3 Å². The largest absolute Gasteiger partial charge is 0.370 e. The van der Waals surface area contributed by atoms with Gasteiger partial charge in [-0.25, -0.2) is 0 Å². The highest BCUT2D eigenvalue weighted by Crippen LogP contribution is 2.41. The molecule has 0 bridgehead atoms. The molecule has 1 aliphatic carbocycles. The van der Waals surface area contributed by atoms with Gasteiger partial charge in [0.15, 0.2) is 0 Å². The maximum atomic E-state index is 3.26. The average Bonchev–Trinajstić information content (AvgIpc) is 3.14. The number of anilines is 1. The first kappa shape index (κ1) is 12.0. The fraction of sp³-hybridized carbons (Fsp3) is 0.625. The lowest BCUT2D eigenvalue weighted by Crippen LogP contribution is -2.24. The van der Waals surface area contributed by atoms with Crippen LogP contribution >= 0.6 is 0 Å². The minimum absolute atomic E-state index is 0.758. The molecule has 1 aliphatic heterocycles. The first-order chi connectivity index (χ1) is 8.88. The molecule has 1 N–H and O–H groups in total. The lowest BCUT2D eigenvalue weighted by atomic mass is 9.96. The summed E-state index contributed by atoms with van der Waals surface area (Å²) in [6.45, 7) is 3.68. The molecule has 3 rings (SSSR count). The Hall–Kier alpha value is -1.02. The van der Waals surface area contributed by atoms with Gasteiger partial charge in [0.1, 0.15) is 0 Å². The quantitative estimate of drug-likeness (QED) is 0.774. The van der Waals surface area contributed by atoms with Crippen molar-refractivity contribution in [2.24, 2.45) is 5.92 Å². The van der Waals surface area contributed by atoms with Crippen LogP contribution in [0.1, 0.15) is 37.2 Å². The molecule has 2 aliphatic rings. The Morgan fingerprint density at radius 3 is 2.89 bits per heavy atom. The standard InChI is InChI=1S/C16H24N2/c1-17-10-4-5-14-12-18(11-13-8-9-13)16-7-3-2-6-15(14)16/h2-3,6-7,13-14,17H,4-5,8-12H2,1H3. The SMILES string of the molecule is CNCCCC1CN(CC2CC2)c2ccccc21. The van der Waals surface area contributed by atoms with E-state index in [2.05, 4.69) is 34.5 Å². The molecular weight excluding hydrogens is 220 g/mol. The van der Waals surface area contributed by atoms with Crippen LogP contribution in [-0.4, -0.2) is 26.7 Å². The first-order valence-electron chi connectivity index (χ1n) is 7.37. The Balaban J connectivity index is 1.69. The van der Waals surface area contributed by atoms with Crippen molar-refractivity contribution in [1.29, 1.82) is 0 Å². The number of nitrogens with one attached hydrogen (secondary N) is 1. The fourth-order valence-corrected chi connectivity index (χ4v) is 3.14. The van der Waals surface area contributed by atoms with Gasteiger partial charge in [0.25, 0.3) is 0 Å². The average molecular weight is 244 g/mol. The first-order valence-corrected chi connectivity index (χ1v) is 7.37. The molecule has 0 radical (unpaired) electrons. The Labute approximate surface area is 110 Å². The zero-order valence-corrected chi connectivity index (χ0v) is 11.4. The van der Waals surface area contributed by atoms with E-state index in [-0.39, 0.29) is 0 Å². The predicted octanol–water partition coefficient (Wildman–Crippen LogP) is 3.00. The maximum Gasteiger partial charge on any atom is 0.0402 e. The molecule has 1 aromatic rings. The van der Waals surface area contributed by atoms with Gasteiger partial charge in [0, 0.05) is 24.7 Å². The van der Waals surface area contributed by atoms with Crippen molar-refractivity contribution >= 4 is 5.69 Å². The molecule has 1 heterocycles. The second-order valence-corrected chi connectivity index (χ2v) is 5.85. The van der Waals surface area contributed by atoms with Gasteiger partial charge in [-0.1, -0.05) is 18.2 Å². The lowest BCUT2D eigenvalue weighted by Gasteiger charge is -2.19. The summed E-state index contributed by atoms with van der Waals surface area (Å²) in [5, 5.41) is 3.26. The molecule has 1 aromatic carbocycles. The maximum absolute atomic E-state index is 3.26. The van der Waals surface area contributed by atoms with Crippen molar-refractivity contribution in [1.82, 2.24) is 5.32 Å². The summed E-state index contributed by atoms with van der Waals surface area (Å²) in [5.74, 6) is 1.74. The number of hydrogen-bond donors (Lipinski definition) is 1. The van der Waals surface area contributed by atoms with Gasteiger partial charge in [0.2, 0.25) is 0 Å². The van der Waals surface area contributed by atoms with Gasteiger partial charge in [-0.2, -0.15) is 0 Å². The topological polar surface area (TPSA) is 15.3 Å². The molecule has 0 aromatic heterocycles. The zero-order valence-electron chi connectivity index (χ0n) is 11.4. The number of fused-ring (bicyclic) bond motifs is 1. The van der Waals surface area contributed by atoms with Crippen LogP contribution in [0, 0.1) is 5.92 Å². The number of rotatable bonds is 6. The Morgan fingerprint density at radius 1 is 1.28 bits per heavy atom. The lowest BCUT2D eigenvalue weighted by molar-refractivity contribution is 0.581. The van der Waals surface area contributed by atoms with Crippen molar-refractivity contribution in [3.8, 4) is 0 Å². The molecule has 1 saturated carbocycles.